The summed E-state index contributed by atoms with van der Waals surface area (Å²) in [5.41, 5.74) is 1.12. The maximum atomic E-state index is 12.0. The molecule has 1 saturated heterocycles. The number of likely N-dealkylation sites (N-methyl/N-ethyl adjacent to an activating group) is 1. The summed E-state index contributed by atoms with van der Waals surface area (Å²) in [6.45, 7) is 2.62. The maximum Gasteiger partial charge on any atom is 0.244 e. The minimum atomic E-state index is -0.0252. The van der Waals surface area contributed by atoms with Gasteiger partial charge in [-0.05, 0) is 25.5 Å². The smallest absolute Gasteiger partial charge is 0.244 e. The molecule has 2 N–H and O–H groups in total. The van der Waals surface area contributed by atoms with E-state index in [-0.39, 0.29) is 31.5 Å². The van der Waals surface area contributed by atoms with Crippen molar-refractivity contribution >= 4 is 18.3 Å². The molecule has 0 aromatic carbocycles. The van der Waals surface area contributed by atoms with Crippen molar-refractivity contribution in [2.75, 3.05) is 33.3 Å². The van der Waals surface area contributed by atoms with Gasteiger partial charge in [0.05, 0.1) is 6.61 Å². The molecule has 0 aliphatic carbocycles. The van der Waals surface area contributed by atoms with E-state index in [4.69, 9.17) is 5.11 Å². The van der Waals surface area contributed by atoms with Gasteiger partial charge in [0.25, 0.3) is 0 Å². The molecule has 1 atom stereocenters. The number of aromatic nitrogens is 2. The number of hydrogen-bond donors (Lipinski definition) is 2. The van der Waals surface area contributed by atoms with Crippen molar-refractivity contribution in [3.8, 4) is 0 Å². The average molecular weight is 303 g/mol. The van der Waals surface area contributed by atoms with Crippen molar-refractivity contribution in [1.29, 1.82) is 0 Å². The number of aliphatic hydroxyl groups excluding tert-OH is 1. The van der Waals surface area contributed by atoms with Gasteiger partial charge in [0.1, 0.15) is 6.54 Å². The van der Waals surface area contributed by atoms with Crippen molar-refractivity contribution in [3.63, 3.8) is 0 Å². The molecular weight excluding hydrogens is 280 g/mol. The summed E-state index contributed by atoms with van der Waals surface area (Å²) in [5, 5.41) is 16.5. The number of hydrogen-bond acceptors (Lipinski definition) is 4. The van der Waals surface area contributed by atoms with E-state index >= 15 is 0 Å². The lowest BCUT2D eigenvalue weighted by atomic mass is 9.96. The zero-order valence-electron chi connectivity index (χ0n) is 11.8. The van der Waals surface area contributed by atoms with E-state index in [9.17, 15) is 4.79 Å². The van der Waals surface area contributed by atoms with Gasteiger partial charge in [0, 0.05) is 37.9 Å². The highest BCUT2D eigenvalue weighted by Crippen LogP contribution is 2.22. The molecule has 6 nitrogen and oxygen atoms in total. The minimum absolute atomic E-state index is 0. The average Bonchev–Trinajstić information content (AvgIpc) is 2.88. The number of nitrogens with one attached hydrogen (secondary N) is 1. The summed E-state index contributed by atoms with van der Waals surface area (Å²) >= 11 is 0. The fraction of sp³-hybridized carbons (Fsp3) is 0.692. The largest absolute Gasteiger partial charge is 0.395 e. The SMILES string of the molecule is CN(CCO)C(=O)Cn1nccc1C1CCCNC1.Cl. The highest BCUT2D eigenvalue weighted by atomic mass is 35.5. The summed E-state index contributed by atoms with van der Waals surface area (Å²) in [7, 11) is 1.70. The van der Waals surface area contributed by atoms with Crippen molar-refractivity contribution < 1.29 is 9.90 Å². The van der Waals surface area contributed by atoms with Gasteiger partial charge in [-0.1, -0.05) is 0 Å². The Morgan fingerprint density at radius 3 is 3.10 bits per heavy atom. The Labute approximate surface area is 125 Å². The number of halogens is 1. The van der Waals surface area contributed by atoms with Crippen LogP contribution >= 0.6 is 12.4 Å². The lowest BCUT2D eigenvalue weighted by Gasteiger charge is -2.24. The van der Waals surface area contributed by atoms with Crippen LogP contribution in [0.2, 0.25) is 0 Å². The number of nitrogens with zero attached hydrogens (tertiary/aromatic N) is 3. The van der Waals surface area contributed by atoms with Crippen LogP contribution in [-0.4, -0.2) is 59.0 Å². The van der Waals surface area contributed by atoms with Crippen molar-refractivity contribution in [1.82, 2.24) is 20.0 Å². The van der Waals surface area contributed by atoms with Gasteiger partial charge < -0.3 is 15.3 Å². The Hall–Kier alpha value is -1.11. The fourth-order valence-corrected chi connectivity index (χ4v) is 2.45. The number of carbonyl (C=O) groups excluding carboxylic acids is 1. The molecule has 2 heterocycles. The van der Waals surface area contributed by atoms with Crippen LogP contribution in [0, 0.1) is 0 Å². The molecule has 0 spiro atoms. The molecule has 1 aromatic heterocycles. The van der Waals surface area contributed by atoms with Crippen LogP contribution in [0.1, 0.15) is 24.5 Å². The molecule has 1 aliphatic heterocycles. The molecule has 0 bridgehead atoms. The van der Waals surface area contributed by atoms with Gasteiger partial charge in [0.2, 0.25) is 5.91 Å². The minimum Gasteiger partial charge on any atom is -0.395 e. The number of aliphatic hydroxyl groups is 1. The van der Waals surface area contributed by atoms with Crippen LogP contribution in [0.15, 0.2) is 12.3 Å². The zero-order valence-corrected chi connectivity index (χ0v) is 12.6. The predicted molar refractivity (Wildman–Crippen MR) is 79.0 cm³/mol. The third kappa shape index (κ3) is 4.19. The number of rotatable bonds is 5. The van der Waals surface area contributed by atoms with E-state index in [1.165, 1.54) is 4.90 Å². The summed E-state index contributed by atoms with van der Waals surface area (Å²) in [5.74, 6) is 0.412. The first-order chi connectivity index (χ1) is 9.22. The van der Waals surface area contributed by atoms with Crippen molar-refractivity contribution in [2.45, 2.75) is 25.3 Å². The van der Waals surface area contributed by atoms with Crippen LogP contribution in [0.25, 0.3) is 0 Å². The van der Waals surface area contributed by atoms with E-state index in [0.29, 0.717) is 12.5 Å². The molecule has 20 heavy (non-hydrogen) atoms. The van der Waals surface area contributed by atoms with E-state index in [1.807, 2.05) is 6.07 Å². The number of piperidine rings is 1. The van der Waals surface area contributed by atoms with Gasteiger partial charge in [-0.3, -0.25) is 9.48 Å². The highest BCUT2D eigenvalue weighted by Gasteiger charge is 2.20. The molecule has 1 amide bonds. The van der Waals surface area contributed by atoms with Crippen LogP contribution < -0.4 is 5.32 Å². The van der Waals surface area contributed by atoms with E-state index in [1.54, 1.807) is 17.9 Å². The molecule has 2 rings (SSSR count). The first-order valence-corrected chi connectivity index (χ1v) is 6.79. The van der Waals surface area contributed by atoms with E-state index in [0.717, 1.165) is 31.6 Å². The van der Waals surface area contributed by atoms with Crippen molar-refractivity contribution in [2.24, 2.45) is 0 Å². The van der Waals surface area contributed by atoms with Gasteiger partial charge in [-0.25, -0.2) is 0 Å². The Bertz CT molecular complexity index is 418. The predicted octanol–water partition coefficient (Wildman–Crippen LogP) is 0.223. The van der Waals surface area contributed by atoms with Crippen molar-refractivity contribution in [3.05, 3.63) is 18.0 Å². The molecule has 0 saturated carbocycles. The monoisotopic (exact) mass is 302 g/mol. The normalized spacial score (nSPS) is 18.4. The third-order valence-electron chi connectivity index (χ3n) is 3.61. The van der Waals surface area contributed by atoms with Crippen LogP contribution in [-0.2, 0) is 11.3 Å². The van der Waals surface area contributed by atoms with Crippen LogP contribution in [0.5, 0.6) is 0 Å². The second kappa shape index (κ2) is 8.24. The first kappa shape index (κ1) is 16.9. The topological polar surface area (TPSA) is 70.4 Å². The lowest BCUT2D eigenvalue weighted by molar-refractivity contribution is -0.131. The van der Waals surface area contributed by atoms with Gasteiger partial charge in [-0.15, -0.1) is 12.4 Å². The standard InChI is InChI=1S/C13H22N4O2.ClH/c1-16(7-8-18)13(19)10-17-12(4-6-15-17)11-3-2-5-14-9-11;/h4,6,11,14,18H,2-3,5,7-10H2,1H3;1H. The Morgan fingerprint density at radius 1 is 1.65 bits per heavy atom. The summed E-state index contributed by atoms with van der Waals surface area (Å²) < 4.78 is 1.79. The quantitative estimate of drug-likeness (QED) is 0.816. The Kier molecular flexibility index (Phi) is 6.98. The van der Waals surface area contributed by atoms with Gasteiger partial charge in [0.15, 0.2) is 0 Å². The molecule has 1 fully saturated rings. The zero-order chi connectivity index (χ0) is 13.7. The van der Waals surface area contributed by atoms with E-state index in [2.05, 4.69) is 10.4 Å². The number of carbonyl (C=O) groups is 1. The van der Waals surface area contributed by atoms with Crippen LogP contribution in [0.4, 0.5) is 0 Å². The molecule has 7 heteroatoms. The summed E-state index contributed by atoms with van der Waals surface area (Å²) in [6.07, 6.45) is 4.05. The molecule has 1 aliphatic rings. The van der Waals surface area contributed by atoms with Gasteiger partial charge in [-0.2, -0.15) is 5.10 Å². The molecule has 0 radical (unpaired) electrons. The third-order valence-corrected chi connectivity index (χ3v) is 3.61. The second-order valence-corrected chi connectivity index (χ2v) is 5.00. The fourth-order valence-electron chi connectivity index (χ4n) is 2.45. The van der Waals surface area contributed by atoms with Gasteiger partial charge >= 0.3 is 0 Å². The highest BCUT2D eigenvalue weighted by molar-refractivity contribution is 5.85. The summed E-state index contributed by atoms with van der Waals surface area (Å²) in [4.78, 5) is 13.5. The van der Waals surface area contributed by atoms with Crippen LogP contribution in [0.3, 0.4) is 0 Å². The summed E-state index contributed by atoms with van der Waals surface area (Å²) in [6, 6.07) is 2.00. The first-order valence-electron chi connectivity index (χ1n) is 6.79. The lowest BCUT2D eigenvalue weighted by Crippen LogP contribution is -2.34. The maximum absolute atomic E-state index is 12.0. The Morgan fingerprint density at radius 2 is 2.45 bits per heavy atom. The van der Waals surface area contributed by atoms with E-state index < -0.39 is 0 Å². The second-order valence-electron chi connectivity index (χ2n) is 5.00. The molecule has 1 aromatic rings. The number of amides is 1. The molecule has 1 unspecified atom stereocenters. The molecule has 114 valence electrons. The molecular formula is C13H23ClN4O2. The Balaban J connectivity index is 0.00000200.